The fourth-order valence-corrected chi connectivity index (χ4v) is 3.19. The van der Waals surface area contributed by atoms with Gasteiger partial charge in [0.15, 0.2) is 0 Å². The Balaban J connectivity index is 2.22. The molecule has 23 heavy (non-hydrogen) atoms. The topological polar surface area (TPSA) is 80.7 Å². The molecule has 3 atom stereocenters. The molecule has 1 rings (SSSR count). The fraction of sp³-hybridized carbons (Fsp3) is 0.833. The van der Waals surface area contributed by atoms with Gasteiger partial charge in [-0.2, -0.15) is 0 Å². The van der Waals surface area contributed by atoms with Crippen LogP contribution in [0.25, 0.3) is 0 Å². The molecule has 0 amide bonds. The third kappa shape index (κ3) is 8.37. The van der Waals surface area contributed by atoms with Gasteiger partial charge in [-0.15, -0.1) is 0 Å². The number of methoxy groups -OCH3 is 1. The first-order valence-corrected chi connectivity index (χ1v) is 8.64. The summed E-state index contributed by atoms with van der Waals surface area (Å²) in [5.74, 6) is 0.609. The largest absolute Gasteiger partial charge is 0.393 e. The van der Waals surface area contributed by atoms with Crippen molar-refractivity contribution in [1.82, 2.24) is 0 Å². The van der Waals surface area contributed by atoms with Gasteiger partial charge in [0, 0.05) is 52.2 Å². The average Bonchev–Trinajstić information content (AvgIpc) is 2.50. The van der Waals surface area contributed by atoms with Gasteiger partial charge >= 0.3 is 0 Å². The van der Waals surface area contributed by atoms with E-state index in [1.807, 2.05) is 0 Å². The van der Waals surface area contributed by atoms with E-state index in [-0.39, 0.29) is 29.2 Å². The lowest BCUT2D eigenvalue weighted by atomic mass is 9.76. The second kappa shape index (κ2) is 10.7. The highest BCUT2D eigenvalue weighted by Crippen LogP contribution is 2.32. The van der Waals surface area contributed by atoms with Gasteiger partial charge < -0.3 is 9.84 Å². The van der Waals surface area contributed by atoms with Gasteiger partial charge in [0.05, 0.1) is 6.10 Å². The maximum Gasteiger partial charge on any atom is 0.133 e. The highest BCUT2D eigenvalue weighted by atomic mass is 16.5. The van der Waals surface area contributed by atoms with Crippen molar-refractivity contribution in [1.29, 1.82) is 0 Å². The molecule has 0 bridgehead atoms. The van der Waals surface area contributed by atoms with Gasteiger partial charge in [0.2, 0.25) is 0 Å². The van der Waals surface area contributed by atoms with E-state index in [1.54, 1.807) is 14.0 Å². The number of carbonyl (C=O) groups excluding carboxylic acids is 3. The third-order valence-electron chi connectivity index (χ3n) is 4.64. The fourth-order valence-electron chi connectivity index (χ4n) is 3.19. The Morgan fingerprint density at radius 2 is 1.83 bits per heavy atom. The van der Waals surface area contributed by atoms with E-state index in [9.17, 15) is 19.5 Å². The summed E-state index contributed by atoms with van der Waals surface area (Å²) < 4.78 is 4.89. The lowest BCUT2D eigenvalue weighted by molar-refractivity contribution is -0.126. The van der Waals surface area contributed by atoms with Gasteiger partial charge in [-0.25, -0.2) is 0 Å². The van der Waals surface area contributed by atoms with Crippen LogP contribution in [0.1, 0.15) is 64.7 Å². The molecule has 0 aliphatic heterocycles. The molecule has 0 aromatic heterocycles. The van der Waals surface area contributed by atoms with E-state index in [1.165, 1.54) is 0 Å². The van der Waals surface area contributed by atoms with Crippen LogP contribution in [0.15, 0.2) is 0 Å². The number of ketones is 3. The summed E-state index contributed by atoms with van der Waals surface area (Å²) in [7, 11) is 1.60. The van der Waals surface area contributed by atoms with Gasteiger partial charge in [-0.1, -0.05) is 0 Å². The molecule has 5 heteroatoms. The minimum Gasteiger partial charge on any atom is -0.393 e. The zero-order chi connectivity index (χ0) is 17.2. The Labute approximate surface area is 138 Å². The molecule has 1 saturated carbocycles. The van der Waals surface area contributed by atoms with Crippen LogP contribution in [0.2, 0.25) is 0 Å². The van der Waals surface area contributed by atoms with E-state index in [4.69, 9.17) is 4.74 Å². The lowest BCUT2D eigenvalue weighted by Crippen LogP contribution is -2.29. The van der Waals surface area contributed by atoms with Gasteiger partial charge in [0.1, 0.15) is 17.3 Å². The van der Waals surface area contributed by atoms with Crippen LogP contribution in [0.3, 0.4) is 0 Å². The molecule has 3 unspecified atom stereocenters. The monoisotopic (exact) mass is 326 g/mol. The van der Waals surface area contributed by atoms with Crippen molar-refractivity contribution < 1.29 is 24.2 Å². The number of Topliss-reactive ketones (excluding diaryl/α,β-unsaturated/α-hetero) is 3. The third-order valence-corrected chi connectivity index (χ3v) is 4.64. The molecule has 0 aromatic rings. The number of aliphatic hydroxyl groups excluding tert-OH is 1. The van der Waals surface area contributed by atoms with Crippen LogP contribution in [-0.4, -0.2) is 42.3 Å². The number of hydrogen-bond donors (Lipinski definition) is 1. The Kier molecular flexibility index (Phi) is 9.26. The molecule has 0 saturated heterocycles. The molecular weight excluding hydrogens is 296 g/mol. The van der Waals surface area contributed by atoms with E-state index >= 15 is 0 Å². The molecule has 0 spiro atoms. The van der Waals surface area contributed by atoms with Gasteiger partial charge in [0.25, 0.3) is 0 Å². The van der Waals surface area contributed by atoms with Gasteiger partial charge in [-0.3, -0.25) is 14.4 Å². The zero-order valence-electron chi connectivity index (χ0n) is 14.4. The number of carbonyl (C=O) groups is 3. The molecule has 1 N–H and O–H groups in total. The van der Waals surface area contributed by atoms with Crippen molar-refractivity contribution in [3.8, 4) is 0 Å². The second-order valence-corrected chi connectivity index (χ2v) is 6.76. The highest BCUT2D eigenvalue weighted by Gasteiger charge is 2.30. The van der Waals surface area contributed by atoms with Crippen molar-refractivity contribution in [2.75, 3.05) is 13.7 Å². The summed E-state index contributed by atoms with van der Waals surface area (Å²) in [5.41, 5.74) is 0. The standard InChI is InChI=1S/C18H30O5/c1-13(19)15-10-14(11-18(22)12-15)5-6-17(21)8-7-16(20)4-3-9-23-2/h13-15,19H,3-12H2,1-2H3. The predicted octanol–water partition coefficient (Wildman–Crippen LogP) is 2.48. The molecule has 1 aliphatic carbocycles. The predicted molar refractivity (Wildman–Crippen MR) is 87.1 cm³/mol. The molecule has 132 valence electrons. The number of hydrogen-bond acceptors (Lipinski definition) is 5. The number of rotatable bonds is 11. The number of ether oxygens (including phenoxy) is 1. The number of aliphatic hydroxyl groups is 1. The van der Waals surface area contributed by atoms with Crippen LogP contribution in [0.5, 0.6) is 0 Å². The molecule has 0 heterocycles. The first-order chi connectivity index (χ1) is 10.9. The summed E-state index contributed by atoms with van der Waals surface area (Å²) in [6.07, 6.45) is 4.21. The zero-order valence-corrected chi connectivity index (χ0v) is 14.4. The van der Waals surface area contributed by atoms with Crippen LogP contribution < -0.4 is 0 Å². The summed E-state index contributed by atoms with van der Waals surface area (Å²) in [5, 5.41) is 9.66. The van der Waals surface area contributed by atoms with Crippen LogP contribution in [0.4, 0.5) is 0 Å². The minimum absolute atomic E-state index is 0.0266. The first kappa shape index (κ1) is 20.0. The molecule has 5 nitrogen and oxygen atoms in total. The Morgan fingerprint density at radius 1 is 1.17 bits per heavy atom. The van der Waals surface area contributed by atoms with Gasteiger partial charge in [-0.05, 0) is 38.0 Å². The van der Waals surface area contributed by atoms with E-state index in [0.29, 0.717) is 58.0 Å². The first-order valence-electron chi connectivity index (χ1n) is 8.64. The quantitative estimate of drug-likeness (QED) is 0.590. The van der Waals surface area contributed by atoms with E-state index < -0.39 is 6.10 Å². The summed E-state index contributed by atoms with van der Waals surface area (Å²) >= 11 is 0. The van der Waals surface area contributed by atoms with Crippen LogP contribution in [0, 0.1) is 11.8 Å². The molecule has 1 aliphatic rings. The van der Waals surface area contributed by atoms with Crippen molar-refractivity contribution in [2.24, 2.45) is 11.8 Å². The molecular formula is C18H30O5. The minimum atomic E-state index is -0.470. The lowest BCUT2D eigenvalue weighted by Gasteiger charge is -2.29. The highest BCUT2D eigenvalue weighted by molar-refractivity contribution is 5.86. The van der Waals surface area contributed by atoms with Crippen molar-refractivity contribution in [3.05, 3.63) is 0 Å². The van der Waals surface area contributed by atoms with E-state index in [2.05, 4.69) is 0 Å². The Hall–Kier alpha value is -1.07. The maximum absolute atomic E-state index is 11.9. The SMILES string of the molecule is COCCCC(=O)CCC(=O)CCC1CC(=O)CC(C(C)O)C1. The molecule has 0 radical (unpaired) electrons. The van der Waals surface area contributed by atoms with Crippen molar-refractivity contribution in [2.45, 2.75) is 70.8 Å². The smallest absolute Gasteiger partial charge is 0.133 e. The normalized spacial score (nSPS) is 22.8. The molecule has 1 fully saturated rings. The average molecular weight is 326 g/mol. The van der Waals surface area contributed by atoms with Crippen molar-refractivity contribution in [3.63, 3.8) is 0 Å². The Morgan fingerprint density at radius 3 is 2.43 bits per heavy atom. The summed E-state index contributed by atoms with van der Waals surface area (Å²) in [6.45, 7) is 2.29. The summed E-state index contributed by atoms with van der Waals surface area (Å²) in [6, 6.07) is 0. The Bertz CT molecular complexity index is 402. The van der Waals surface area contributed by atoms with Crippen LogP contribution >= 0.6 is 0 Å². The maximum atomic E-state index is 11.9. The van der Waals surface area contributed by atoms with Crippen molar-refractivity contribution >= 4 is 17.3 Å². The molecule has 0 aromatic carbocycles. The summed E-state index contributed by atoms with van der Waals surface area (Å²) in [4.78, 5) is 35.2. The second-order valence-electron chi connectivity index (χ2n) is 6.76. The van der Waals surface area contributed by atoms with Crippen LogP contribution in [-0.2, 0) is 19.1 Å². The van der Waals surface area contributed by atoms with E-state index in [0.717, 1.165) is 6.42 Å².